The summed E-state index contributed by atoms with van der Waals surface area (Å²) in [5.41, 5.74) is 1.78. The van der Waals surface area contributed by atoms with E-state index in [1.807, 2.05) is 13.8 Å². The first-order valence-corrected chi connectivity index (χ1v) is 3.85. The van der Waals surface area contributed by atoms with Crippen molar-refractivity contribution in [2.24, 2.45) is 0 Å². The van der Waals surface area contributed by atoms with E-state index in [0.717, 1.165) is 11.1 Å². The van der Waals surface area contributed by atoms with Gasteiger partial charge in [0.2, 0.25) is 0 Å². The van der Waals surface area contributed by atoms with Crippen LogP contribution in [0.3, 0.4) is 0 Å². The molecule has 2 nitrogen and oxygen atoms in total. The molecule has 0 aromatic heterocycles. The lowest BCUT2D eigenvalue weighted by atomic mass is 10.1. The molecule has 0 amide bonds. The van der Waals surface area contributed by atoms with Crippen molar-refractivity contribution in [1.82, 2.24) is 0 Å². The summed E-state index contributed by atoms with van der Waals surface area (Å²) < 4.78 is 0. The minimum atomic E-state index is 0.0469. The van der Waals surface area contributed by atoms with E-state index in [2.05, 4.69) is 0 Å². The quantitative estimate of drug-likeness (QED) is 0.473. The van der Waals surface area contributed by atoms with Gasteiger partial charge < -0.3 is 0 Å². The third-order valence-electron chi connectivity index (χ3n) is 1.26. The SMILES string of the molecule is CC(C)=CC(=O)CC(C)=CC=O. The van der Waals surface area contributed by atoms with Gasteiger partial charge in [-0.05, 0) is 32.9 Å². The van der Waals surface area contributed by atoms with Gasteiger partial charge in [-0.25, -0.2) is 0 Å². The predicted molar refractivity (Wildman–Crippen MR) is 48.9 cm³/mol. The maximum Gasteiger partial charge on any atom is 0.159 e. The Hall–Kier alpha value is -1.18. The van der Waals surface area contributed by atoms with Crippen LogP contribution in [0.25, 0.3) is 0 Å². The Balaban J connectivity index is 4.11. The molecule has 0 aliphatic rings. The molecule has 0 radical (unpaired) electrons. The minimum absolute atomic E-state index is 0.0469. The zero-order chi connectivity index (χ0) is 9.56. The van der Waals surface area contributed by atoms with Crippen LogP contribution in [-0.4, -0.2) is 12.1 Å². The van der Waals surface area contributed by atoms with Gasteiger partial charge >= 0.3 is 0 Å². The Morgan fingerprint density at radius 2 is 1.83 bits per heavy atom. The van der Waals surface area contributed by atoms with Crippen molar-refractivity contribution in [3.05, 3.63) is 23.3 Å². The standard InChI is InChI=1S/C10H14O2/c1-8(2)6-10(12)7-9(3)4-5-11/h4-6H,7H2,1-3H3. The highest BCUT2D eigenvalue weighted by molar-refractivity contribution is 5.92. The molecule has 0 aromatic carbocycles. The molecule has 0 rings (SSSR count). The van der Waals surface area contributed by atoms with Crippen molar-refractivity contribution in [1.29, 1.82) is 0 Å². The van der Waals surface area contributed by atoms with E-state index < -0.39 is 0 Å². The Kier molecular flexibility index (Phi) is 4.93. The normalized spacial score (nSPS) is 10.8. The van der Waals surface area contributed by atoms with Gasteiger partial charge in [0, 0.05) is 6.42 Å². The summed E-state index contributed by atoms with van der Waals surface area (Å²) in [6, 6.07) is 0. The lowest BCUT2D eigenvalue weighted by molar-refractivity contribution is -0.114. The maximum absolute atomic E-state index is 11.1. The first kappa shape index (κ1) is 10.8. The lowest BCUT2D eigenvalue weighted by Crippen LogP contribution is -1.94. The number of rotatable bonds is 4. The fraction of sp³-hybridized carbons (Fsp3) is 0.400. The van der Waals surface area contributed by atoms with Crippen LogP contribution in [0, 0.1) is 0 Å². The number of carbonyl (C=O) groups excluding carboxylic acids is 2. The van der Waals surface area contributed by atoms with Gasteiger partial charge in [-0.3, -0.25) is 9.59 Å². The summed E-state index contributed by atoms with van der Waals surface area (Å²) in [6.45, 7) is 5.51. The molecule has 0 saturated heterocycles. The van der Waals surface area contributed by atoms with Crippen molar-refractivity contribution < 1.29 is 9.59 Å². The number of aldehydes is 1. The second-order valence-electron chi connectivity index (χ2n) is 3.01. The van der Waals surface area contributed by atoms with Gasteiger partial charge in [-0.15, -0.1) is 0 Å². The molecule has 0 aliphatic heterocycles. The number of hydrogen-bond acceptors (Lipinski definition) is 2. The Labute approximate surface area is 73.0 Å². The van der Waals surface area contributed by atoms with Crippen LogP contribution in [-0.2, 0) is 9.59 Å². The first-order valence-electron chi connectivity index (χ1n) is 3.85. The van der Waals surface area contributed by atoms with E-state index in [4.69, 9.17) is 0 Å². The molecule has 66 valence electrons. The van der Waals surface area contributed by atoms with Gasteiger partial charge in [0.25, 0.3) is 0 Å². The number of carbonyl (C=O) groups is 2. The Morgan fingerprint density at radius 1 is 1.25 bits per heavy atom. The van der Waals surface area contributed by atoms with Crippen LogP contribution < -0.4 is 0 Å². The van der Waals surface area contributed by atoms with Gasteiger partial charge in [0.15, 0.2) is 5.78 Å². The van der Waals surface area contributed by atoms with Gasteiger partial charge in [0.1, 0.15) is 6.29 Å². The zero-order valence-corrected chi connectivity index (χ0v) is 7.76. The van der Waals surface area contributed by atoms with Crippen LogP contribution in [0.2, 0.25) is 0 Å². The Morgan fingerprint density at radius 3 is 2.25 bits per heavy atom. The predicted octanol–water partition coefficient (Wildman–Crippen LogP) is 2.06. The van der Waals surface area contributed by atoms with Crippen molar-refractivity contribution in [3.8, 4) is 0 Å². The highest BCUT2D eigenvalue weighted by Crippen LogP contribution is 2.01. The largest absolute Gasteiger partial charge is 0.299 e. The average molecular weight is 166 g/mol. The lowest BCUT2D eigenvalue weighted by Gasteiger charge is -1.94. The summed E-state index contributed by atoms with van der Waals surface area (Å²) >= 11 is 0. The van der Waals surface area contributed by atoms with E-state index in [9.17, 15) is 9.59 Å². The van der Waals surface area contributed by atoms with E-state index in [-0.39, 0.29) is 5.78 Å². The smallest absolute Gasteiger partial charge is 0.159 e. The summed E-state index contributed by atoms with van der Waals surface area (Å²) in [7, 11) is 0. The van der Waals surface area contributed by atoms with Gasteiger partial charge in [-0.1, -0.05) is 11.1 Å². The molecule has 0 bridgehead atoms. The molecule has 0 saturated carbocycles. The highest BCUT2D eigenvalue weighted by atomic mass is 16.1. The number of ketones is 1. The third-order valence-corrected chi connectivity index (χ3v) is 1.26. The molecular formula is C10H14O2. The molecule has 0 spiro atoms. The fourth-order valence-corrected chi connectivity index (χ4v) is 0.823. The molecule has 2 heteroatoms. The summed E-state index contributed by atoms with van der Waals surface area (Å²) in [5, 5.41) is 0. The number of allylic oxidation sites excluding steroid dienone is 4. The zero-order valence-electron chi connectivity index (χ0n) is 7.76. The highest BCUT2D eigenvalue weighted by Gasteiger charge is 1.97. The summed E-state index contributed by atoms with van der Waals surface area (Å²) in [5.74, 6) is 0.0469. The summed E-state index contributed by atoms with van der Waals surface area (Å²) in [4.78, 5) is 21.1. The van der Waals surface area contributed by atoms with E-state index in [1.165, 1.54) is 6.08 Å². The fourth-order valence-electron chi connectivity index (χ4n) is 0.823. The third kappa shape index (κ3) is 5.59. The van der Waals surface area contributed by atoms with E-state index in [1.54, 1.807) is 13.0 Å². The topological polar surface area (TPSA) is 34.1 Å². The van der Waals surface area contributed by atoms with Crippen molar-refractivity contribution in [2.45, 2.75) is 27.2 Å². The molecule has 0 N–H and O–H groups in total. The molecule has 0 aromatic rings. The second-order valence-corrected chi connectivity index (χ2v) is 3.01. The van der Waals surface area contributed by atoms with Crippen LogP contribution >= 0.6 is 0 Å². The molecule has 0 atom stereocenters. The number of hydrogen-bond donors (Lipinski definition) is 0. The average Bonchev–Trinajstić information content (AvgIpc) is 1.84. The van der Waals surface area contributed by atoms with Crippen LogP contribution in [0.15, 0.2) is 23.3 Å². The van der Waals surface area contributed by atoms with Crippen LogP contribution in [0.4, 0.5) is 0 Å². The van der Waals surface area contributed by atoms with Crippen molar-refractivity contribution >= 4 is 12.1 Å². The molecule has 0 heterocycles. The van der Waals surface area contributed by atoms with Crippen LogP contribution in [0.1, 0.15) is 27.2 Å². The molecular weight excluding hydrogens is 152 g/mol. The molecule has 0 unspecified atom stereocenters. The first-order chi connectivity index (χ1) is 5.56. The molecule has 12 heavy (non-hydrogen) atoms. The van der Waals surface area contributed by atoms with Crippen LogP contribution in [0.5, 0.6) is 0 Å². The Bertz CT molecular complexity index is 230. The van der Waals surface area contributed by atoms with Gasteiger partial charge in [-0.2, -0.15) is 0 Å². The summed E-state index contributed by atoms with van der Waals surface area (Å²) in [6.07, 6.45) is 4.04. The minimum Gasteiger partial charge on any atom is -0.299 e. The monoisotopic (exact) mass is 166 g/mol. The van der Waals surface area contributed by atoms with E-state index >= 15 is 0 Å². The van der Waals surface area contributed by atoms with E-state index in [0.29, 0.717) is 12.7 Å². The molecule has 0 fully saturated rings. The maximum atomic E-state index is 11.1. The van der Waals surface area contributed by atoms with Crippen molar-refractivity contribution in [3.63, 3.8) is 0 Å². The van der Waals surface area contributed by atoms with Crippen molar-refractivity contribution in [2.75, 3.05) is 0 Å². The second kappa shape index (κ2) is 5.47. The van der Waals surface area contributed by atoms with Gasteiger partial charge in [0.05, 0.1) is 0 Å². The molecule has 0 aliphatic carbocycles.